The van der Waals surface area contributed by atoms with Crippen LogP contribution in [0.5, 0.6) is 0 Å². The molecule has 1 aromatic heterocycles. The van der Waals surface area contributed by atoms with Crippen molar-refractivity contribution in [3.05, 3.63) is 69.7 Å². The minimum absolute atomic E-state index is 0.154. The number of fused-ring (bicyclic) bond motifs is 1. The Kier molecular flexibility index (Phi) is 4.57. The Balaban J connectivity index is 1.78. The number of hydrogen-bond acceptors (Lipinski definition) is 4. The van der Waals surface area contributed by atoms with Crippen LogP contribution in [0.1, 0.15) is 15.9 Å². The molecule has 0 aliphatic heterocycles. The molecule has 26 heavy (non-hydrogen) atoms. The number of rotatable bonds is 6. The van der Waals surface area contributed by atoms with Crippen molar-refractivity contribution in [2.75, 3.05) is 11.9 Å². The molecule has 0 aliphatic rings. The number of anilines is 1. The number of aromatic carboxylic acids is 1. The van der Waals surface area contributed by atoms with Crippen molar-refractivity contribution in [2.24, 2.45) is 7.05 Å². The highest BCUT2D eigenvalue weighted by atomic mass is 19.1. The topological polar surface area (TPSA) is 97.4 Å². The number of nitro groups is 1. The van der Waals surface area contributed by atoms with E-state index < -0.39 is 10.9 Å². The Morgan fingerprint density at radius 1 is 1.31 bits per heavy atom. The van der Waals surface area contributed by atoms with Crippen LogP contribution in [0, 0.1) is 15.9 Å². The molecule has 0 saturated heterocycles. The van der Waals surface area contributed by atoms with Gasteiger partial charge in [0, 0.05) is 43.0 Å². The van der Waals surface area contributed by atoms with Gasteiger partial charge in [0.25, 0.3) is 5.69 Å². The second kappa shape index (κ2) is 6.83. The fraction of sp³-hybridized carbons (Fsp3) is 0.167. The minimum Gasteiger partial charge on any atom is -0.478 e. The highest BCUT2D eigenvalue weighted by molar-refractivity contribution is 5.95. The van der Waals surface area contributed by atoms with E-state index in [1.165, 1.54) is 24.3 Å². The number of nitro benzene ring substituents is 1. The van der Waals surface area contributed by atoms with E-state index in [2.05, 4.69) is 5.32 Å². The first-order chi connectivity index (χ1) is 12.4. The first-order valence-electron chi connectivity index (χ1n) is 7.86. The van der Waals surface area contributed by atoms with Crippen LogP contribution in [0.15, 0.2) is 42.6 Å². The normalized spacial score (nSPS) is 10.8. The third-order valence-electron chi connectivity index (χ3n) is 4.19. The van der Waals surface area contributed by atoms with Gasteiger partial charge in [-0.3, -0.25) is 10.1 Å². The van der Waals surface area contributed by atoms with Crippen molar-refractivity contribution >= 4 is 28.2 Å². The summed E-state index contributed by atoms with van der Waals surface area (Å²) in [6.07, 6.45) is 2.48. The molecule has 8 heteroatoms. The lowest BCUT2D eigenvalue weighted by Crippen LogP contribution is -2.10. The van der Waals surface area contributed by atoms with Gasteiger partial charge in [0.05, 0.1) is 16.0 Å². The lowest BCUT2D eigenvalue weighted by atomic mass is 10.1. The molecule has 0 radical (unpaired) electrons. The van der Waals surface area contributed by atoms with E-state index in [0.29, 0.717) is 18.7 Å². The number of carbonyl (C=O) groups is 1. The summed E-state index contributed by atoms with van der Waals surface area (Å²) in [7, 11) is 1.83. The van der Waals surface area contributed by atoms with Gasteiger partial charge in [-0.1, -0.05) is 0 Å². The van der Waals surface area contributed by atoms with Crippen LogP contribution in [0.4, 0.5) is 15.8 Å². The van der Waals surface area contributed by atoms with Gasteiger partial charge in [-0.05, 0) is 36.2 Å². The van der Waals surface area contributed by atoms with Crippen LogP contribution in [0.2, 0.25) is 0 Å². The number of hydrogen-bond donors (Lipinski definition) is 2. The van der Waals surface area contributed by atoms with Crippen LogP contribution in [-0.4, -0.2) is 27.1 Å². The van der Waals surface area contributed by atoms with Crippen LogP contribution >= 0.6 is 0 Å². The van der Waals surface area contributed by atoms with Gasteiger partial charge in [0.2, 0.25) is 0 Å². The molecule has 0 fully saturated rings. The quantitative estimate of drug-likeness (QED) is 0.519. The number of aryl methyl sites for hydroxylation is 1. The number of aromatic nitrogens is 1. The summed E-state index contributed by atoms with van der Waals surface area (Å²) in [4.78, 5) is 21.5. The molecule has 0 amide bonds. The summed E-state index contributed by atoms with van der Waals surface area (Å²) in [5, 5.41) is 24.0. The van der Waals surface area contributed by atoms with E-state index in [1.54, 1.807) is 6.07 Å². The number of nitrogens with zero attached hydrogens (tertiary/aromatic N) is 2. The molecule has 0 unspecified atom stereocenters. The third kappa shape index (κ3) is 3.34. The molecule has 1 heterocycles. The maximum Gasteiger partial charge on any atom is 0.338 e. The molecule has 2 aromatic carbocycles. The monoisotopic (exact) mass is 357 g/mol. The first-order valence-corrected chi connectivity index (χ1v) is 7.86. The average Bonchev–Trinajstić information content (AvgIpc) is 2.90. The SMILES string of the molecule is Cn1cc(CCNc2ccc([N+](=O)[O-])cc2C(=O)O)c2ccc(F)cc21. The summed E-state index contributed by atoms with van der Waals surface area (Å²) in [5.74, 6) is -1.54. The summed E-state index contributed by atoms with van der Waals surface area (Å²) < 4.78 is 15.2. The van der Waals surface area contributed by atoms with E-state index >= 15 is 0 Å². The Labute approximate surface area is 147 Å². The van der Waals surface area contributed by atoms with Crippen LogP contribution < -0.4 is 5.32 Å². The molecule has 0 saturated carbocycles. The third-order valence-corrected chi connectivity index (χ3v) is 4.19. The van der Waals surface area contributed by atoms with Crippen molar-refractivity contribution in [3.63, 3.8) is 0 Å². The highest BCUT2D eigenvalue weighted by Crippen LogP contribution is 2.24. The fourth-order valence-electron chi connectivity index (χ4n) is 2.95. The van der Waals surface area contributed by atoms with Crippen molar-refractivity contribution < 1.29 is 19.2 Å². The van der Waals surface area contributed by atoms with Crippen LogP contribution in [-0.2, 0) is 13.5 Å². The summed E-state index contributed by atoms with van der Waals surface area (Å²) in [6.45, 7) is 0.425. The van der Waals surface area contributed by atoms with Crippen molar-refractivity contribution in [2.45, 2.75) is 6.42 Å². The molecular formula is C18H16FN3O4. The molecule has 0 spiro atoms. The molecule has 7 nitrogen and oxygen atoms in total. The minimum atomic E-state index is -1.24. The standard InChI is InChI=1S/C18H16FN3O4/c1-21-10-11(14-4-2-12(19)8-17(14)21)6-7-20-16-5-3-13(22(25)26)9-15(16)18(23)24/h2-5,8-10,20H,6-7H2,1H3,(H,23,24). The van der Waals surface area contributed by atoms with E-state index in [0.717, 1.165) is 22.5 Å². The summed E-state index contributed by atoms with van der Waals surface area (Å²) in [5.41, 5.74) is 1.66. The number of carboxylic acid groups (broad SMARTS) is 1. The zero-order chi connectivity index (χ0) is 18.8. The molecule has 3 aromatic rings. The lowest BCUT2D eigenvalue weighted by Gasteiger charge is -2.09. The largest absolute Gasteiger partial charge is 0.478 e. The second-order valence-corrected chi connectivity index (χ2v) is 5.90. The number of benzene rings is 2. The zero-order valence-corrected chi connectivity index (χ0v) is 13.9. The molecule has 2 N–H and O–H groups in total. The Morgan fingerprint density at radius 2 is 2.08 bits per heavy atom. The van der Waals surface area contributed by atoms with Crippen LogP contribution in [0.3, 0.4) is 0 Å². The predicted octanol–water partition coefficient (Wildman–Crippen LogP) is 3.58. The van der Waals surface area contributed by atoms with Gasteiger partial charge in [0.1, 0.15) is 5.82 Å². The van der Waals surface area contributed by atoms with E-state index in [9.17, 15) is 24.4 Å². The van der Waals surface area contributed by atoms with E-state index in [4.69, 9.17) is 0 Å². The van der Waals surface area contributed by atoms with Gasteiger partial charge in [0.15, 0.2) is 0 Å². The van der Waals surface area contributed by atoms with Crippen LogP contribution in [0.25, 0.3) is 10.9 Å². The van der Waals surface area contributed by atoms with Crippen molar-refractivity contribution in [1.82, 2.24) is 4.57 Å². The number of halogens is 1. The smallest absolute Gasteiger partial charge is 0.338 e. The highest BCUT2D eigenvalue weighted by Gasteiger charge is 2.16. The molecule has 0 atom stereocenters. The Hall–Kier alpha value is -3.42. The molecular weight excluding hydrogens is 341 g/mol. The summed E-state index contributed by atoms with van der Waals surface area (Å²) >= 11 is 0. The van der Waals surface area contributed by atoms with Gasteiger partial charge in [-0.2, -0.15) is 0 Å². The van der Waals surface area contributed by atoms with Gasteiger partial charge in [-0.15, -0.1) is 0 Å². The average molecular weight is 357 g/mol. The number of non-ortho nitro benzene ring substituents is 1. The molecule has 0 bridgehead atoms. The first kappa shape index (κ1) is 17.4. The predicted molar refractivity (Wildman–Crippen MR) is 95.1 cm³/mol. The van der Waals surface area contributed by atoms with E-state index in [1.807, 2.05) is 17.8 Å². The summed E-state index contributed by atoms with van der Waals surface area (Å²) in [6, 6.07) is 8.26. The lowest BCUT2D eigenvalue weighted by molar-refractivity contribution is -0.384. The van der Waals surface area contributed by atoms with E-state index in [-0.39, 0.29) is 17.1 Å². The van der Waals surface area contributed by atoms with Gasteiger partial charge >= 0.3 is 5.97 Å². The zero-order valence-electron chi connectivity index (χ0n) is 13.9. The van der Waals surface area contributed by atoms with Crippen molar-refractivity contribution in [1.29, 1.82) is 0 Å². The van der Waals surface area contributed by atoms with Gasteiger partial charge in [-0.25, -0.2) is 9.18 Å². The maximum absolute atomic E-state index is 13.4. The van der Waals surface area contributed by atoms with Gasteiger partial charge < -0.3 is 15.0 Å². The fourth-order valence-corrected chi connectivity index (χ4v) is 2.95. The number of carboxylic acids is 1. The molecule has 134 valence electrons. The Bertz CT molecular complexity index is 1010. The molecule has 0 aliphatic carbocycles. The maximum atomic E-state index is 13.4. The Morgan fingerprint density at radius 3 is 2.77 bits per heavy atom. The molecule has 3 rings (SSSR count). The number of nitrogens with one attached hydrogen (secondary N) is 1. The van der Waals surface area contributed by atoms with Crippen molar-refractivity contribution in [3.8, 4) is 0 Å². The second-order valence-electron chi connectivity index (χ2n) is 5.90.